The largest absolute Gasteiger partial charge is 0.378 e. The summed E-state index contributed by atoms with van der Waals surface area (Å²) in [5.74, 6) is 0. The van der Waals surface area contributed by atoms with Crippen LogP contribution in [0.25, 0.3) is 5.57 Å². The molecule has 0 amide bonds. The van der Waals surface area contributed by atoms with Crippen LogP contribution in [0.3, 0.4) is 0 Å². The summed E-state index contributed by atoms with van der Waals surface area (Å²) in [4.78, 5) is 21.5. The molecule has 0 spiro atoms. The minimum Gasteiger partial charge on any atom is -0.378 e. The molecule has 0 heterocycles. The van der Waals surface area contributed by atoms with E-state index >= 15 is 0 Å². The van der Waals surface area contributed by atoms with Crippen molar-refractivity contribution in [2.24, 2.45) is 0 Å². The van der Waals surface area contributed by atoms with Crippen molar-refractivity contribution < 1.29 is 40.4 Å². The number of nitro groups is 2. The molecule has 0 saturated heterocycles. The number of benzene rings is 3. The lowest BCUT2D eigenvalue weighted by atomic mass is 9.90. The normalized spacial score (nSPS) is 13.0. The summed E-state index contributed by atoms with van der Waals surface area (Å²) in [5, 5.41) is 26.0. The van der Waals surface area contributed by atoms with Crippen molar-refractivity contribution in [3.05, 3.63) is 116 Å². The quantitative estimate of drug-likeness (QED) is 0.125. The summed E-state index contributed by atoms with van der Waals surface area (Å²) in [5.41, 5.74) is 0.154. The summed E-state index contributed by atoms with van der Waals surface area (Å²) < 4.78 is 70.5. The monoisotopic (exact) mass is 670 g/mol. The van der Waals surface area contributed by atoms with Crippen LogP contribution in [0, 0.1) is 20.2 Å². The smallest absolute Gasteiger partial charge is 0.301 e. The Hall–Kier alpha value is -5.23. The van der Waals surface area contributed by atoms with Crippen LogP contribution in [-0.2, 0) is 20.2 Å². The Balaban J connectivity index is 1.97. The van der Waals surface area contributed by atoms with E-state index in [2.05, 4.69) is 5.32 Å². The van der Waals surface area contributed by atoms with Gasteiger partial charge in [0.2, 0.25) is 0 Å². The molecule has 0 radical (unpaired) electrons. The Kier molecular flexibility index (Phi) is 9.25. The number of hydrogen-bond acceptors (Lipinski definition) is 10. The number of rotatable bonds is 9. The molecule has 0 fully saturated rings. The van der Waals surface area contributed by atoms with Gasteiger partial charge in [-0.15, -0.1) is 0 Å². The fraction of sp³-hybridized carbons (Fsp3) is 0.138. The molecule has 3 aromatic rings. The maximum Gasteiger partial charge on any atom is 0.301 e. The molecule has 0 atom stereocenters. The predicted molar refractivity (Wildman–Crippen MR) is 171 cm³/mol. The van der Waals surface area contributed by atoms with Crippen molar-refractivity contribution >= 4 is 60.0 Å². The lowest BCUT2D eigenvalue weighted by molar-refractivity contribution is -0.462. The Morgan fingerprint density at radius 3 is 1.76 bits per heavy atom. The van der Waals surface area contributed by atoms with Crippen LogP contribution < -0.4 is 10.2 Å². The summed E-state index contributed by atoms with van der Waals surface area (Å²) in [6.07, 6.45) is 7.18. The van der Waals surface area contributed by atoms with Gasteiger partial charge in [-0.25, -0.2) is 4.58 Å². The fourth-order valence-corrected chi connectivity index (χ4v) is 5.89. The van der Waals surface area contributed by atoms with Gasteiger partial charge in [0.25, 0.3) is 20.2 Å². The average molecular weight is 671 g/mol. The molecule has 3 aromatic carbocycles. The standard InChI is InChI=1S/C29H27N5O10S2/c1-31(2)21-10-5-18(6-11-21)28(19-7-12-22(13-8-19)32(3)4)24-14-9-20(15-27(24)46(42,43)44)30-29-25(33(35)36)16-23(45(39,40)41)17-26(29)34(37)38/h5-17H,1-4H3,(H2,39,40,41,42,43,44)/p+1. The van der Waals surface area contributed by atoms with E-state index in [1.807, 2.05) is 62.0 Å². The van der Waals surface area contributed by atoms with E-state index in [4.69, 9.17) is 0 Å². The van der Waals surface area contributed by atoms with Crippen LogP contribution in [-0.4, -0.2) is 74.3 Å². The lowest BCUT2D eigenvalue weighted by Gasteiger charge is -2.19. The van der Waals surface area contributed by atoms with Crippen LogP contribution in [0.5, 0.6) is 0 Å². The first-order chi connectivity index (χ1) is 21.4. The Morgan fingerprint density at radius 2 is 1.33 bits per heavy atom. The highest BCUT2D eigenvalue weighted by molar-refractivity contribution is 7.86. The second-order valence-corrected chi connectivity index (χ2v) is 13.2. The van der Waals surface area contributed by atoms with Gasteiger partial charge in [-0.1, -0.05) is 18.2 Å². The van der Waals surface area contributed by atoms with Gasteiger partial charge in [0.1, 0.15) is 23.9 Å². The number of allylic oxidation sites excluding steroid dienone is 5. The van der Waals surface area contributed by atoms with E-state index < -0.39 is 56.9 Å². The zero-order valence-corrected chi connectivity index (χ0v) is 26.4. The maximum atomic E-state index is 12.8. The molecule has 4 rings (SSSR count). The van der Waals surface area contributed by atoms with E-state index in [9.17, 15) is 46.2 Å². The van der Waals surface area contributed by atoms with Gasteiger partial charge >= 0.3 is 11.4 Å². The van der Waals surface area contributed by atoms with Crippen LogP contribution in [0.2, 0.25) is 0 Å². The molecule has 15 nitrogen and oxygen atoms in total. The third kappa shape index (κ3) is 7.18. The maximum absolute atomic E-state index is 12.8. The first kappa shape index (κ1) is 33.7. The van der Waals surface area contributed by atoms with Crippen molar-refractivity contribution in [2.45, 2.75) is 9.79 Å². The summed E-state index contributed by atoms with van der Waals surface area (Å²) >= 11 is 0. The number of nitro benzene ring substituents is 2. The molecule has 0 aromatic heterocycles. The van der Waals surface area contributed by atoms with Crippen molar-refractivity contribution in [1.29, 1.82) is 0 Å². The molecule has 1 aliphatic carbocycles. The second-order valence-electron chi connectivity index (χ2n) is 10.4. The van der Waals surface area contributed by atoms with Crippen molar-refractivity contribution in [3.8, 4) is 0 Å². The van der Waals surface area contributed by atoms with E-state index in [0.717, 1.165) is 17.5 Å². The van der Waals surface area contributed by atoms with Crippen LogP contribution in [0.4, 0.5) is 28.4 Å². The molecule has 240 valence electrons. The molecular weight excluding hydrogens is 642 g/mol. The van der Waals surface area contributed by atoms with Gasteiger partial charge in [0.15, 0.2) is 11.4 Å². The molecule has 0 unspecified atom stereocenters. The first-order valence-corrected chi connectivity index (χ1v) is 16.0. The molecule has 0 saturated carbocycles. The Bertz CT molecular complexity index is 2060. The summed E-state index contributed by atoms with van der Waals surface area (Å²) in [6, 6.07) is 11.6. The van der Waals surface area contributed by atoms with E-state index in [-0.39, 0.29) is 11.3 Å². The highest BCUT2D eigenvalue weighted by Crippen LogP contribution is 2.41. The van der Waals surface area contributed by atoms with E-state index in [0.29, 0.717) is 28.8 Å². The van der Waals surface area contributed by atoms with Gasteiger partial charge in [-0.05, 0) is 53.1 Å². The van der Waals surface area contributed by atoms with E-state index in [1.54, 1.807) is 24.3 Å². The zero-order valence-electron chi connectivity index (χ0n) is 24.8. The topological polar surface area (TPSA) is 213 Å². The van der Waals surface area contributed by atoms with Crippen LogP contribution in [0.1, 0.15) is 11.1 Å². The third-order valence-electron chi connectivity index (χ3n) is 6.90. The molecule has 1 aliphatic rings. The molecule has 0 aliphatic heterocycles. The van der Waals surface area contributed by atoms with Gasteiger partial charge in [-0.3, -0.25) is 29.3 Å². The first-order valence-electron chi connectivity index (χ1n) is 13.1. The van der Waals surface area contributed by atoms with Gasteiger partial charge in [-0.2, -0.15) is 16.8 Å². The predicted octanol–water partition coefficient (Wildman–Crippen LogP) is 4.45. The number of anilines is 3. The van der Waals surface area contributed by atoms with Crippen molar-refractivity contribution in [1.82, 2.24) is 0 Å². The van der Waals surface area contributed by atoms with Gasteiger partial charge < -0.3 is 10.2 Å². The fourth-order valence-electron chi connectivity index (χ4n) is 4.65. The molecule has 46 heavy (non-hydrogen) atoms. The van der Waals surface area contributed by atoms with Crippen LogP contribution in [0.15, 0.2) is 94.3 Å². The van der Waals surface area contributed by atoms with E-state index in [1.165, 1.54) is 12.1 Å². The number of nitrogens with zero attached hydrogens (tertiary/aromatic N) is 4. The van der Waals surface area contributed by atoms with Gasteiger partial charge in [0, 0.05) is 55.3 Å². The second kappa shape index (κ2) is 12.6. The summed E-state index contributed by atoms with van der Waals surface area (Å²) in [7, 11) is -2.64. The number of hydrogen-bond donors (Lipinski definition) is 3. The van der Waals surface area contributed by atoms with Gasteiger partial charge in [0.05, 0.1) is 9.85 Å². The third-order valence-corrected chi connectivity index (χ3v) is 8.63. The molecule has 3 N–H and O–H groups in total. The minimum atomic E-state index is -5.07. The minimum absolute atomic E-state index is 0.0500. The lowest BCUT2D eigenvalue weighted by Crippen LogP contribution is -2.11. The molecule has 0 bridgehead atoms. The average Bonchev–Trinajstić information content (AvgIpc) is 2.97. The molecular formula is C29H28N5O10S2+. The number of nitrogens with one attached hydrogen (secondary N) is 1. The highest BCUT2D eigenvalue weighted by atomic mass is 32.2. The highest BCUT2D eigenvalue weighted by Gasteiger charge is 2.31. The Labute approximate surface area is 263 Å². The van der Waals surface area contributed by atoms with Crippen LogP contribution >= 0.6 is 0 Å². The zero-order chi connectivity index (χ0) is 34.1. The van der Waals surface area contributed by atoms with Crippen molar-refractivity contribution in [2.75, 3.05) is 38.4 Å². The summed E-state index contributed by atoms with van der Waals surface area (Å²) in [6.45, 7) is 0. The van der Waals surface area contributed by atoms with Crippen molar-refractivity contribution in [3.63, 3.8) is 0 Å². The Morgan fingerprint density at radius 1 is 0.783 bits per heavy atom. The molecule has 17 heteroatoms. The SMILES string of the molecule is CN(C)c1ccc(C(=C2C=CC(=[N+](C)C)C=C2)c2ccc(Nc3c([N+](=O)[O-])cc(S(=O)(=O)O)cc3[N+](=O)[O-])cc2S(=O)(=O)O)cc1.